The van der Waals surface area contributed by atoms with Crippen molar-refractivity contribution in [3.63, 3.8) is 0 Å². The van der Waals surface area contributed by atoms with Crippen LogP contribution in [-0.4, -0.2) is 13.3 Å². The highest BCUT2D eigenvalue weighted by Gasteiger charge is 2.26. The molecule has 1 aromatic carbocycles. The van der Waals surface area contributed by atoms with Gasteiger partial charge in [0.25, 0.3) is 0 Å². The monoisotopic (exact) mass is 279 g/mol. The highest BCUT2D eigenvalue weighted by Crippen LogP contribution is 2.39. The molecule has 0 aliphatic rings. The van der Waals surface area contributed by atoms with Crippen LogP contribution in [0.25, 0.3) is 0 Å². The average Bonchev–Trinajstić information content (AvgIpc) is 2.25. The lowest BCUT2D eigenvalue weighted by atomic mass is 9.79. The summed E-state index contributed by atoms with van der Waals surface area (Å²) in [5.74, 6) is 0.454. The molecule has 2 N–H and O–H groups in total. The number of rotatable bonds is 1. The minimum absolute atomic E-state index is 0.0755. The summed E-state index contributed by atoms with van der Waals surface area (Å²) < 4.78 is 9.79. The van der Waals surface area contributed by atoms with Gasteiger partial charge in [-0.2, -0.15) is 0 Å². The first-order valence-corrected chi connectivity index (χ1v) is 6.67. The van der Waals surface area contributed by atoms with Crippen molar-refractivity contribution in [2.45, 2.75) is 52.4 Å². The van der Waals surface area contributed by atoms with Gasteiger partial charge >= 0.3 is 6.16 Å². The molecule has 4 nitrogen and oxygen atoms in total. The number of methoxy groups -OCH3 is 1. The molecule has 0 bridgehead atoms. The number of ether oxygens (including phenoxy) is 2. The predicted octanol–water partition coefficient (Wildman–Crippen LogP) is 4.01. The smallest absolute Gasteiger partial charge is 0.437 e. The number of hydrogen-bond acceptors (Lipinski definition) is 4. The molecule has 1 rings (SSSR count). The first-order valence-electron chi connectivity index (χ1n) is 6.67. The molecule has 0 aliphatic carbocycles. The van der Waals surface area contributed by atoms with Gasteiger partial charge in [0.15, 0.2) is 0 Å². The lowest BCUT2D eigenvalue weighted by molar-refractivity contribution is 0.120. The summed E-state index contributed by atoms with van der Waals surface area (Å²) in [6.07, 6.45) is -0.738. The van der Waals surface area contributed by atoms with Crippen LogP contribution in [0.15, 0.2) is 12.1 Å². The van der Waals surface area contributed by atoms with E-state index in [9.17, 15) is 4.79 Å². The van der Waals surface area contributed by atoms with E-state index in [2.05, 4.69) is 46.3 Å². The third kappa shape index (κ3) is 3.65. The summed E-state index contributed by atoms with van der Waals surface area (Å²) in [7, 11) is 1.28. The molecule has 0 amide bonds. The second-order valence-corrected chi connectivity index (χ2v) is 6.99. The van der Waals surface area contributed by atoms with Crippen molar-refractivity contribution in [1.82, 2.24) is 0 Å². The first-order chi connectivity index (χ1) is 8.96. The van der Waals surface area contributed by atoms with Gasteiger partial charge in [0.2, 0.25) is 0 Å². The topological polar surface area (TPSA) is 61.5 Å². The van der Waals surface area contributed by atoms with Crippen LogP contribution in [0, 0.1) is 0 Å². The van der Waals surface area contributed by atoms with Gasteiger partial charge in [-0.3, -0.25) is 0 Å². The van der Waals surface area contributed by atoms with Crippen molar-refractivity contribution in [1.29, 1.82) is 0 Å². The molecule has 1 aromatic rings. The van der Waals surface area contributed by atoms with E-state index >= 15 is 0 Å². The van der Waals surface area contributed by atoms with Gasteiger partial charge in [0, 0.05) is 17.3 Å². The van der Waals surface area contributed by atoms with Crippen LogP contribution in [0.5, 0.6) is 5.75 Å². The van der Waals surface area contributed by atoms with Gasteiger partial charge in [-0.15, -0.1) is 0 Å². The summed E-state index contributed by atoms with van der Waals surface area (Å²) >= 11 is 0. The van der Waals surface area contributed by atoms with Crippen LogP contribution in [0.1, 0.15) is 52.7 Å². The minimum atomic E-state index is -0.738. The van der Waals surface area contributed by atoms with E-state index in [1.165, 1.54) is 7.11 Å². The largest absolute Gasteiger partial charge is 0.513 e. The molecule has 0 unspecified atom stereocenters. The number of anilines is 1. The Balaban J connectivity index is 3.45. The van der Waals surface area contributed by atoms with Gasteiger partial charge in [-0.25, -0.2) is 4.79 Å². The Morgan fingerprint density at radius 1 is 1.00 bits per heavy atom. The Hall–Kier alpha value is -1.71. The Kier molecular flexibility index (Phi) is 4.37. The molecule has 4 heteroatoms. The number of carbonyl (C=O) groups is 1. The van der Waals surface area contributed by atoms with Crippen molar-refractivity contribution in [2.75, 3.05) is 12.8 Å². The van der Waals surface area contributed by atoms with Gasteiger partial charge < -0.3 is 15.2 Å². The number of benzene rings is 1. The van der Waals surface area contributed by atoms with Crippen LogP contribution >= 0.6 is 0 Å². The van der Waals surface area contributed by atoms with Crippen LogP contribution in [-0.2, 0) is 15.6 Å². The maximum atomic E-state index is 11.4. The van der Waals surface area contributed by atoms with Crippen molar-refractivity contribution < 1.29 is 14.3 Å². The molecular weight excluding hydrogens is 254 g/mol. The molecule has 0 aromatic heterocycles. The van der Waals surface area contributed by atoms with Gasteiger partial charge in [0.1, 0.15) is 5.75 Å². The highest BCUT2D eigenvalue weighted by atomic mass is 16.7. The number of nitrogen functional groups attached to an aromatic ring is 1. The zero-order valence-corrected chi connectivity index (χ0v) is 13.5. The molecule has 0 saturated carbocycles. The van der Waals surface area contributed by atoms with E-state index in [1.54, 1.807) is 6.07 Å². The molecule has 0 saturated heterocycles. The van der Waals surface area contributed by atoms with Crippen LogP contribution in [0.3, 0.4) is 0 Å². The lowest BCUT2D eigenvalue weighted by Crippen LogP contribution is -2.20. The normalized spacial score (nSPS) is 12.2. The van der Waals surface area contributed by atoms with Crippen molar-refractivity contribution in [2.24, 2.45) is 0 Å². The van der Waals surface area contributed by atoms with E-state index < -0.39 is 6.16 Å². The van der Waals surface area contributed by atoms with E-state index in [4.69, 9.17) is 10.5 Å². The molecule has 0 spiro atoms. The van der Waals surface area contributed by atoms with E-state index in [1.807, 2.05) is 6.07 Å². The van der Waals surface area contributed by atoms with Crippen molar-refractivity contribution in [3.05, 3.63) is 23.3 Å². The fourth-order valence-electron chi connectivity index (χ4n) is 2.05. The summed E-state index contributed by atoms with van der Waals surface area (Å²) in [5, 5.41) is 0. The molecular formula is C16H25NO3. The molecule has 0 heterocycles. The molecule has 20 heavy (non-hydrogen) atoms. The third-order valence-corrected chi connectivity index (χ3v) is 3.13. The van der Waals surface area contributed by atoms with Gasteiger partial charge in [-0.05, 0) is 22.5 Å². The quantitative estimate of drug-likeness (QED) is 0.479. The molecule has 0 fully saturated rings. The first kappa shape index (κ1) is 16.3. The summed E-state index contributed by atoms with van der Waals surface area (Å²) in [6, 6.07) is 3.73. The van der Waals surface area contributed by atoms with E-state index in [0.717, 1.165) is 11.1 Å². The number of hydrogen-bond donors (Lipinski definition) is 1. The molecule has 0 aliphatic heterocycles. The Bertz CT molecular complexity index is 508. The Morgan fingerprint density at radius 3 is 1.90 bits per heavy atom. The minimum Gasteiger partial charge on any atom is -0.437 e. The SMILES string of the molecule is COC(=O)Oc1cc(N)c(C(C)(C)C)cc1C(C)(C)C. The third-order valence-electron chi connectivity index (χ3n) is 3.13. The lowest BCUT2D eigenvalue weighted by Gasteiger charge is -2.28. The second-order valence-electron chi connectivity index (χ2n) is 6.99. The summed E-state index contributed by atoms with van der Waals surface area (Å²) in [6.45, 7) is 12.5. The van der Waals surface area contributed by atoms with Gasteiger partial charge in [0.05, 0.1) is 7.11 Å². The van der Waals surface area contributed by atoms with Crippen LogP contribution < -0.4 is 10.5 Å². The van der Waals surface area contributed by atoms with Gasteiger partial charge in [-0.1, -0.05) is 41.5 Å². The van der Waals surface area contributed by atoms with E-state index in [-0.39, 0.29) is 10.8 Å². The molecule has 0 atom stereocenters. The van der Waals surface area contributed by atoms with Crippen LogP contribution in [0.2, 0.25) is 0 Å². The highest BCUT2D eigenvalue weighted by molar-refractivity contribution is 5.67. The maximum Gasteiger partial charge on any atom is 0.513 e. The second kappa shape index (κ2) is 5.35. The average molecular weight is 279 g/mol. The van der Waals surface area contributed by atoms with Crippen molar-refractivity contribution in [3.8, 4) is 5.75 Å². The van der Waals surface area contributed by atoms with Crippen LogP contribution in [0.4, 0.5) is 10.5 Å². The molecule has 0 radical (unpaired) electrons. The predicted molar refractivity (Wildman–Crippen MR) is 81.3 cm³/mol. The zero-order valence-electron chi connectivity index (χ0n) is 13.5. The molecule has 112 valence electrons. The standard InChI is InChI=1S/C16H25NO3/c1-15(2,3)10-8-11(16(4,5)6)13(9-12(10)17)20-14(18)19-7/h8-9H,17H2,1-7H3. The van der Waals surface area contributed by atoms with E-state index in [0.29, 0.717) is 11.4 Å². The maximum absolute atomic E-state index is 11.4. The fraction of sp³-hybridized carbons (Fsp3) is 0.562. The fourth-order valence-corrected chi connectivity index (χ4v) is 2.05. The Morgan fingerprint density at radius 2 is 1.50 bits per heavy atom. The van der Waals surface area contributed by atoms with Crippen molar-refractivity contribution >= 4 is 11.8 Å². The summed E-state index contributed by atoms with van der Waals surface area (Å²) in [5.41, 5.74) is 8.45. The zero-order chi connectivity index (χ0) is 15.7. The number of carbonyl (C=O) groups excluding carboxylic acids is 1. The Labute approximate surface area is 121 Å². The number of nitrogens with two attached hydrogens (primary N) is 1. The summed E-state index contributed by atoms with van der Waals surface area (Å²) in [4.78, 5) is 11.4.